The minimum atomic E-state index is -0.0239. The van der Waals surface area contributed by atoms with Crippen molar-refractivity contribution < 1.29 is 0 Å². The summed E-state index contributed by atoms with van der Waals surface area (Å²) < 4.78 is 1.92. The first-order chi connectivity index (χ1) is 9.58. The van der Waals surface area contributed by atoms with E-state index in [2.05, 4.69) is 40.5 Å². The SMILES string of the molecule is CCNC(c1cc(C)nnc1C)c1c(Cl)cnn1CC. The molecule has 20 heavy (non-hydrogen) atoms. The minimum absolute atomic E-state index is 0.0239. The van der Waals surface area contributed by atoms with Crippen LogP contribution in [0.2, 0.25) is 5.02 Å². The lowest BCUT2D eigenvalue weighted by molar-refractivity contribution is 0.538. The summed E-state index contributed by atoms with van der Waals surface area (Å²) in [5.74, 6) is 0. The maximum Gasteiger partial charge on any atom is 0.0837 e. The van der Waals surface area contributed by atoms with E-state index in [-0.39, 0.29) is 6.04 Å². The van der Waals surface area contributed by atoms with Crippen molar-refractivity contribution >= 4 is 11.6 Å². The number of hydrogen-bond acceptors (Lipinski definition) is 4. The van der Waals surface area contributed by atoms with Gasteiger partial charge in [0.15, 0.2) is 0 Å². The molecule has 0 fully saturated rings. The maximum atomic E-state index is 6.34. The van der Waals surface area contributed by atoms with E-state index in [0.29, 0.717) is 5.02 Å². The van der Waals surface area contributed by atoms with E-state index in [9.17, 15) is 0 Å². The Morgan fingerprint density at radius 2 is 2.05 bits per heavy atom. The van der Waals surface area contributed by atoms with E-state index < -0.39 is 0 Å². The zero-order valence-electron chi connectivity index (χ0n) is 12.3. The van der Waals surface area contributed by atoms with Gasteiger partial charge in [0.05, 0.1) is 34.3 Å². The Labute approximate surface area is 124 Å². The molecule has 6 heteroatoms. The van der Waals surface area contributed by atoms with Crippen molar-refractivity contribution in [3.8, 4) is 0 Å². The molecule has 0 saturated carbocycles. The topological polar surface area (TPSA) is 55.6 Å². The molecule has 1 unspecified atom stereocenters. The minimum Gasteiger partial charge on any atom is -0.305 e. The van der Waals surface area contributed by atoms with Gasteiger partial charge in [-0.25, -0.2) is 0 Å². The van der Waals surface area contributed by atoms with E-state index in [1.54, 1.807) is 6.20 Å². The number of halogens is 1. The normalized spacial score (nSPS) is 12.7. The molecular weight excluding hydrogens is 274 g/mol. The van der Waals surface area contributed by atoms with Gasteiger partial charge < -0.3 is 5.32 Å². The summed E-state index contributed by atoms with van der Waals surface area (Å²) in [6.45, 7) is 9.64. The van der Waals surface area contributed by atoms with Crippen LogP contribution in [0.3, 0.4) is 0 Å². The van der Waals surface area contributed by atoms with Gasteiger partial charge in [-0.2, -0.15) is 15.3 Å². The van der Waals surface area contributed by atoms with Gasteiger partial charge in [0.25, 0.3) is 0 Å². The fraction of sp³-hybridized carbons (Fsp3) is 0.500. The molecule has 1 atom stereocenters. The molecule has 0 radical (unpaired) electrons. The van der Waals surface area contributed by atoms with Crippen LogP contribution in [0.5, 0.6) is 0 Å². The predicted molar refractivity (Wildman–Crippen MR) is 79.9 cm³/mol. The lowest BCUT2D eigenvalue weighted by Crippen LogP contribution is -2.26. The molecule has 2 heterocycles. The molecule has 108 valence electrons. The highest BCUT2D eigenvalue weighted by molar-refractivity contribution is 6.31. The molecule has 0 spiro atoms. The lowest BCUT2D eigenvalue weighted by Gasteiger charge is -2.21. The number of nitrogens with one attached hydrogen (secondary N) is 1. The van der Waals surface area contributed by atoms with Crippen LogP contribution in [0.4, 0.5) is 0 Å². The molecule has 0 aliphatic rings. The third-order valence-electron chi connectivity index (χ3n) is 3.27. The van der Waals surface area contributed by atoms with Gasteiger partial charge in [-0.3, -0.25) is 4.68 Å². The van der Waals surface area contributed by atoms with Crippen molar-refractivity contribution in [3.05, 3.63) is 39.9 Å². The van der Waals surface area contributed by atoms with Crippen LogP contribution in [0, 0.1) is 13.8 Å². The molecular formula is C14H20ClN5. The Morgan fingerprint density at radius 3 is 2.70 bits per heavy atom. The van der Waals surface area contributed by atoms with Crippen molar-refractivity contribution in [3.63, 3.8) is 0 Å². The number of hydrogen-bond donors (Lipinski definition) is 1. The Balaban J connectivity index is 2.56. The highest BCUT2D eigenvalue weighted by atomic mass is 35.5. The zero-order chi connectivity index (χ0) is 14.7. The number of aryl methyl sites for hydroxylation is 3. The Morgan fingerprint density at radius 1 is 1.30 bits per heavy atom. The fourth-order valence-corrected chi connectivity index (χ4v) is 2.58. The van der Waals surface area contributed by atoms with Gasteiger partial charge in [-0.15, -0.1) is 0 Å². The van der Waals surface area contributed by atoms with E-state index in [1.165, 1.54) is 0 Å². The molecule has 0 aromatic carbocycles. The first-order valence-corrected chi connectivity index (χ1v) is 7.21. The van der Waals surface area contributed by atoms with Crippen LogP contribution >= 0.6 is 11.6 Å². The molecule has 0 bridgehead atoms. The molecule has 2 aromatic heterocycles. The van der Waals surface area contributed by atoms with Gasteiger partial charge in [0, 0.05) is 12.1 Å². The summed E-state index contributed by atoms with van der Waals surface area (Å²) in [5, 5.41) is 16.8. The molecule has 0 aliphatic heterocycles. The zero-order valence-corrected chi connectivity index (χ0v) is 13.1. The lowest BCUT2D eigenvalue weighted by atomic mass is 10.0. The summed E-state index contributed by atoms with van der Waals surface area (Å²) >= 11 is 6.34. The standard InChI is InChI=1S/C14H20ClN5/c1-5-16-13(11-7-9(3)18-19-10(11)4)14-12(15)8-17-20(14)6-2/h7-8,13,16H,5-6H2,1-4H3. The molecule has 0 amide bonds. The Bertz CT molecular complexity index is 593. The Kier molecular flexibility index (Phi) is 4.73. The maximum absolute atomic E-state index is 6.34. The van der Waals surface area contributed by atoms with Gasteiger partial charge >= 0.3 is 0 Å². The average molecular weight is 294 g/mol. The van der Waals surface area contributed by atoms with E-state index in [0.717, 1.165) is 35.7 Å². The smallest absolute Gasteiger partial charge is 0.0837 e. The van der Waals surface area contributed by atoms with E-state index >= 15 is 0 Å². The van der Waals surface area contributed by atoms with Gasteiger partial charge in [-0.1, -0.05) is 18.5 Å². The van der Waals surface area contributed by atoms with Crippen molar-refractivity contribution in [2.45, 2.75) is 40.3 Å². The van der Waals surface area contributed by atoms with Crippen LogP contribution in [-0.2, 0) is 6.54 Å². The summed E-state index contributed by atoms with van der Waals surface area (Å²) in [6, 6.07) is 2.03. The monoisotopic (exact) mass is 293 g/mol. The van der Waals surface area contributed by atoms with Gasteiger partial charge in [0.1, 0.15) is 0 Å². The second-order valence-corrected chi connectivity index (χ2v) is 5.12. The third-order valence-corrected chi connectivity index (χ3v) is 3.56. The summed E-state index contributed by atoms with van der Waals surface area (Å²) in [7, 11) is 0. The largest absolute Gasteiger partial charge is 0.305 e. The van der Waals surface area contributed by atoms with E-state index in [1.807, 2.05) is 18.5 Å². The molecule has 2 aromatic rings. The van der Waals surface area contributed by atoms with Crippen LogP contribution < -0.4 is 5.32 Å². The van der Waals surface area contributed by atoms with Crippen LogP contribution in [0.25, 0.3) is 0 Å². The summed E-state index contributed by atoms with van der Waals surface area (Å²) in [5.41, 5.74) is 3.87. The van der Waals surface area contributed by atoms with Crippen molar-refractivity contribution in [1.29, 1.82) is 0 Å². The molecule has 0 saturated heterocycles. The molecule has 5 nitrogen and oxygen atoms in total. The molecule has 2 rings (SSSR count). The first kappa shape index (κ1) is 14.9. The van der Waals surface area contributed by atoms with Crippen molar-refractivity contribution in [1.82, 2.24) is 25.3 Å². The molecule has 0 aliphatic carbocycles. The average Bonchev–Trinajstić information content (AvgIpc) is 2.80. The third kappa shape index (κ3) is 2.83. The quantitative estimate of drug-likeness (QED) is 0.921. The first-order valence-electron chi connectivity index (χ1n) is 6.83. The van der Waals surface area contributed by atoms with Crippen molar-refractivity contribution in [2.24, 2.45) is 0 Å². The van der Waals surface area contributed by atoms with Gasteiger partial charge in [0.2, 0.25) is 0 Å². The second-order valence-electron chi connectivity index (χ2n) is 4.71. The fourth-order valence-electron chi connectivity index (χ4n) is 2.33. The van der Waals surface area contributed by atoms with Crippen LogP contribution in [0.1, 0.15) is 42.5 Å². The highest BCUT2D eigenvalue weighted by Crippen LogP contribution is 2.29. The number of nitrogens with zero attached hydrogens (tertiary/aromatic N) is 4. The van der Waals surface area contributed by atoms with Crippen molar-refractivity contribution in [2.75, 3.05) is 6.54 Å². The predicted octanol–water partition coefficient (Wildman–Crippen LogP) is 2.66. The number of aromatic nitrogens is 4. The summed E-state index contributed by atoms with van der Waals surface area (Å²) in [6.07, 6.45) is 1.70. The van der Waals surface area contributed by atoms with Crippen LogP contribution in [0.15, 0.2) is 12.3 Å². The van der Waals surface area contributed by atoms with E-state index in [4.69, 9.17) is 11.6 Å². The van der Waals surface area contributed by atoms with Crippen LogP contribution in [-0.4, -0.2) is 26.5 Å². The second kappa shape index (κ2) is 6.33. The molecule has 1 N–H and O–H groups in total. The Hall–Kier alpha value is -1.46. The highest BCUT2D eigenvalue weighted by Gasteiger charge is 2.23. The van der Waals surface area contributed by atoms with Gasteiger partial charge in [-0.05, 0) is 33.4 Å². The number of rotatable bonds is 5. The summed E-state index contributed by atoms with van der Waals surface area (Å²) in [4.78, 5) is 0.